The monoisotopic (exact) mass is 374 g/mol. The van der Waals surface area contributed by atoms with Crippen LogP contribution in [0.2, 0.25) is 0 Å². The molecule has 0 radical (unpaired) electrons. The summed E-state index contributed by atoms with van der Waals surface area (Å²) in [6, 6.07) is 11.6. The highest BCUT2D eigenvalue weighted by Gasteiger charge is 2.52. The van der Waals surface area contributed by atoms with E-state index in [4.69, 9.17) is 0 Å². The van der Waals surface area contributed by atoms with Crippen molar-refractivity contribution in [1.82, 2.24) is 0 Å². The van der Waals surface area contributed by atoms with Gasteiger partial charge < -0.3 is 5.32 Å². The Kier molecular flexibility index (Phi) is 3.80. The van der Waals surface area contributed by atoms with Crippen LogP contribution >= 0.6 is 0 Å². The van der Waals surface area contributed by atoms with E-state index in [9.17, 15) is 17.6 Å². The molecule has 0 aromatic heterocycles. The summed E-state index contributed by atoms with van der Waals surface area (Å²) < 4.78 is 39.3. The minimum absolute atomic E-state index is 0.258. The number of sulfonamides is 1. The third kappa shape index (κ3) is 2.76. The molecule has 1 amide bonds. The predicted octanol–water partition coefficient (Wildman–Crippen LogP) is 2.82. The van der Waals surface area contributed by atoms with Gasteiger partial charge in [0.1, 0.15) is 5.82 Å². The average molecular weight is 374 g/mol. The molecule has 5 nitrogen and oxygen atoms in total. The van der Waals surface area contributed by atoms with Gasteiger partial charge in [-0.15, -0.1) is 0 Å². The molecule has 1 N–H and O–H groups in total. The van der Waals surface area contributed by atoms with Crippen molar-refractivity contribution in [2.45, 2.75) is 24.7 Å². The minimum Gasteiger partial charge on any atom is -0.325 e. The third-order valence-corrected chi connectivity index (χ3v) is 6.35. The van der Waals surface area contributed by atoms with Gasteiger partial charge in [0.25, 0.3) is 0 Å². The molecule has 7 heteroatoms. The first kappa shape index (κ1) is 17.0. The lowest BCUT2D eigenvalue weighted by Gasteiger charge is -2.19. The van der Waals surface area contributed by atoms with Crippen molar-refractivity contribution in [3.63, 3.8) is 0 Å². The second-order valence-electron chi connectivity index (χ2n) is 6.94. The molecular weight excluding hydrogens is 355 g/mol. The van der Waals surface area contributed by atoms with Gasteiger partial charge in [-0.2, -0.15) is 0 Å². The van der Waals surface area contributed by atoms with Crippen molar-refractivity contribution >= 4 is 27.3 Å². The number of nitrogens with one attached hydrogen (secondary N) is 1. The van der Waals surface area contributed by atoms with Crippen molar-refractivity contribution in [3.8, 4) is 0 Å². The summed E-state index contributed by atoms with van der Waals surface area (Å²) in [5.74, 6) is -0.635. The molecule has 2 aromatic rings. The zero-order chi connectivity index (χ0) is 18.5. The van der Waals surface area contributed by atoms with Gasteiger partial charge >= 0.3 is 0 Å². The molecule has 2 aliphatic rings. The van der Waals surface area contributed by atoms with Gasteiger partial charge in [-0.3, -0.25) is 9.10 Å². The molecule has 4 rings (SSSR count). The van der Waals surface area contributed by atoms with E-state index in [1.165, 1.54) is 16.6 Å². The zero-order valence-electron chi connectivity index (χ0n) is 14.3. The van der Waals surface area contributed by atoms with Gasteiger partial charge in [0.15, 0.2) is 0 Å². The summed E-state index contributed by atoms with van der Waals surface area (Å²) in [4.78, 5) is 12.8. The number of nitrogens with zero attached hydrogens (tertiary/aromatic N) is 1. The molecule has 1 aliphatic heterocycles. The second kappa shape index (κ2) is 5.81. The maximum absolute atomic E-state index is 14.1. The predicted molar refractivity (Wildman–Crippen MR) is 98.3 cm³/mol. The number of hydrogen-bond acceptors (Lipinski definition) is 3. The Morgan fingerprint density at radius 3 is 2.58 bits per heavy atom. The van der Waals surface area contributed by atoms with Gasteiger partial charge in [-0.1, -0.05) is 24.3 Å². The van der Waals surface area contributed by atoms with Crippen molar-refractivity contribution in [2.75, 3.05) is 22.4 Å². The summed E-state index contributed by atoms with van der Waals surface area (Å²) in [7, 11) is -3.35. The summed E-state index contributed by atoms with van der Waals surface area (Å²) in [5, 5.41) is 2.85. The highest BCUT2D eigenvalue weighted by molar-refractivity contribution is 7.92. The van der Waals surface area contributed by atoms with Crippen LogP contribution in [0.4, 0.5) is 15.8 Å². The topological polar surface area (TPSA) is 66.5 Å². The number of benzene rings is 2. The Morgan fingerprint density at radius 1 is 1.19 bits per heavy atom. The van der Waals surface area contributed by atoms with Crippen molar-refractivity contribution in [1.29, 1.82) is 0 Å². The molecule has 1 heterocycles. The molecule has 1 fully saturated rings. The number of carbonyl (C=O) groups is 1. The first-order valence-corrected chi connectivity index (χ1v) is 10.3. The van der Waals surface area contributed by atoms with E-state index in [2.05, 4.69) is 5.32 Å². The molecule has 0 saturated heterocycles. The van der Waals surface area contributed by atoms with Crippen molar-refractivity contribution < 1.29 is 17.6 Å². The smallest absolute Gasteiger partial charge is 0.235 e. The van der Waals surface area contributed by atoms with Crippen LogP contribution in [-0.4, -0.2) is 27.1 Å². The number of hydrogen-bond donors (Lipinski definition) is 1. The fourth-order valence-corrected chi connectivity index (χ4v) is 4.57. The van der Waals surface area contributed by atoms with Crippen LogP contribution in [0, 0.1) is 5.82 Å². The number of rotatable bonds is 4. The Bertz CT molecular complexity index is 1000. The fourth-order valence-electron chi connectivity index (χ4n) is 3.62. The standard InChI is InChI=1S/C19H19FN2O3S/c1-26(24,25)22-11-8-13-6-7-14(12-17(13)22)21-18(23)19(9-10-19)15-4-2-3-5-16(15)20/h2-7,12H,8-11H2,1H3,(H,21,23). The Morgan fingerprint density at radius 2 is 1.92 bits per heavy atom. The van der Waals surface area contributed by atoms with Crippen LogP contribution in [0.5, 0.6) is 0 Å². The molecule has 136 valence electrons. The van der Waals surface area contributed by atoms with Crippen LogP contribution < -0.4 is 9.62 Å². The van der Waals surface area contributed by atoms with E-state index in [0.29, 0.717) is 42.7 Å². The molecule has 26 heavy (non-hydrogen) atoms. The van der Waals surface area contributed by atoms with E-state index in [0.717, 1.165) is 5.56 Å². The van der Waals surface area contributed by atoms with Crippen LogP contribution in [-0.2, 0) is 26.7 Å². The van der Waals surface area contributed by atoms with Gasteiger partial charge in [0.05, 0.1) is 17.4 Å². The van der Waals surface area contributed by atoms with Crippen molar-refractivity contribution in [3.05, 3.63) is 59.4 Å². The first-order valence-electron chi connectivity index (χ1n) is 8.48. The Labute approximate surface area is 151 Å². The lowest BCUT2D eigenvalue weighted by Crippen LogP contribution is -2.29. The molecule has 0 bridgehead atoms. The number of anilines is 2. The number of amides is 1. The maximum atomic E-state index is 14.1. The van der Waals surface area contributed by atoms with Crippen LogP contribution in [0.3, 0.4) is 0 Å². The lowest BCUT2D eigenvalue weighted by molar-refractivity contribution is -0.118. The molecule has 1 saturated carbocycles. The molecule has 0 atom stereocenters. The zero-order valence-corrected chi connectivity index (χ0v) is 15.1. The van der Waals surface area contributed by atoms with Gasteiger partial charge in [0, 0.05) is 17.8 Å². The summed E-state index contributed by atoms with van der Waals surface area (Å²) in [6.07, 6.45) is 3.01. The third-order valence-electron chi connectivity index (χ3n) is 5.17. The van der Waals surface area contributed by atoms with Gasteiger partial charge in [0.2, 0.25) is 15.9 Å². The van der Waals surface area contributed by atoms with Crippen LogP contribution in [0.25, 0.3) is 0 Å². The van der Waals surface area contributed by atoms with Gasteiger partial charge in [-0.25, -0.2) is 12.8 Å². The van der Waals surface area contributed by atoms with Crippen molar-refractivity contribution in [2.24, 2.45) is 0 Å². The molecule has 0 spiro atoms. The number of fused-ring (bicyclic) bond motifs is 1. The average Bonchev–Trinajstić information content (AvgIpc) is 3.27. The number of halogens is 1. The van der Waals surface area contributed by atoms with E-state index in [1.54, 1.807) is 30.3 Å². The van der Waals surface area contributed by atoms with Gasteiger partial charge in [-0.05, 0) is 43.0 Å². The molecule has 2 aromatic carbocycles. The van der Waals surface area contributed by atoms with E-state index < -0.39 is 15.4 Å². The van der Waals surface area contributed by atoms with Crippen LogP contribution in [0.1, 0.15) is 24.0 Å². The quantitative estimate of drug-likeness (QED) is 0.895. The minimum atomic E-state index is -3.35. The lowest BCUT2D eigenvalue weighted by atomic mass is 9.94. The maximum Gasteiger partial charge on any atom is 0.235 e. The largest absolute Gasteiger partial charge is 0.325 e. The SMILES string of the molecule is CS(=O)(=O)N1CCc2ccc(NC(=O)C3(c4ccccc4F)CC3)cc21. The molecular formula is C19H19FN2O3S. The van der Waals surface area contributed by atoms with E-state index in [-0.39, 0.29) is 11.7 Å². The Balaban J connectivity index is 1.61. The number of carbonyl (C=O) groups excluding carboxylic acids is 1. The summed E-state index contributed by atoms with van der Waals surface area (Å²) >= 11 is 0. The van der Waals surface area contributed by atoms with E-state index in [1.807, 2.05) is 6.07 Å². The normalized spacial score (nSPS) is 17.7. The Hall–Kier alpha value is -2.41. The molecule has 1 aliphatic carbocycles. The van der Waals surface area contributed by atoms with E-state index >= 15 is 0 Å². The highest BCUT2D eigenvalue weighted by atomic mass is 32.2. The highest BCUT2D eigenvalue weighted by Crippen LogP contribution is 2.50. The molecule has 0 unspecified atom stereocenters. The summed E-state index contributed by atoms with van der Waals surface area (Å²) in [5.41, 5.74) is 1.63. The fraction of sp³-hybridized carbons (Fsp3) is 0.316. The van der Waals surface area contributed by atoms with Crippen LogP contribution in [0.15, 0.2) is 42.5 Å². The second-order valence-corrected chi connectivity index (χ2v) is 8.85. The summed E-state index contributed by atoms with van der Waals surface area (Å²) in [6.45, 7) is 0.407. The first-order chi connectivity index (χ1) is 12.3.